The predicted octanol–water partition coefficient (Wildman–Crippen LogP) is 3.72. The van der Waals surface area contributed by atoms with E-state index < -0.39 is 0 Å². The second-order valence-corrected chi connectivity index (χ2v) is 3.82. The Bertz CT molecular complexity index is 532. The Morgan fingerprint density at radius 3 is 2.81 bits per heavy atom. The summed E-state index contributed by atoms with van der Waals surface area (Å²) in [6.45, 7) is 1.94. The molecule has 3 nitrogen and oxygen atoms in total. The van der Waals surface area contributed by atoms with Crippen LogP contribution >= 0.6 is 11.6 Å². The molecular formula is C12H10ClNO2. The van der Waals surface area contributed by atoms with Crippen LogP contribution in [0.15, 0.2) is 39.9 Å². The minimum Gasteiger partial charge on any atom is -0.455 e. The number of benzene rings is 1. The molecule has 0 radical (unpaired) electrons. The molecule has 0 aliphatic heterocycles. The molecule has 0 saturated carbocycles. The maximum absolute atomic E-state index is 8.37. The van der Waals surface area contributed by atoms with Crippen LogP contribution in [-0.2, 0) is 0 Å². The van der Waals surface area contributed by atoms with E-state index in [2.05, 4.69) is 5.16 Å². The first-order chi connectivity index (χ1) is 7.70. The summed E-state index contributed by atoms with van der Waals surface area (Å²) in [5.41, 5.74) is 1.92. The average molecular weight is 236 g/mol. The number of oxime groups is 1. The van der Waals surface area contributed by atoms with Crippen molar-refractivity contribution in [1.82, 2.24) is 0 Å². The zero-order valence-corrected chi connectivity index (χ0v) is 9.40. The standard InChI is InChI=1S/C12H10ClNO2/c1-8-2-3-9(6-11(8)13)12-5-4-10(16-12)7-14-15/h2-7,15H,1H3/b14-7-. The van der Waals surface area contributed by atoms with Gasteiger partial charge in [0.2, 0.25) is 0 Å². The van der Waals surface area contributed by atoms with Gasteiger partial charge < -0.3 is 9.62 Å². The molecule has 1 heterocycles. The molecule has 0 amide bonds. The summed E-state index contributed by atoms with van der Waals surface area (Å²) in [6, 6.07) is 9.23. The van der Waals surface area contributed by atoms with E-state index in [1.807, 2.05) is 25.1 Å². The minimum absolute atomic E-state index is 0.495. The van der Waals surface area contributed by atoms with Crippen molar-refractivity contribution < 1.29 is 9.62 Å². The van der Waals surface area contributed by atoms with Crippen LogP contribution in [0.25, 0.3) is 11.3 Å². The molecule has 0 aliphatic rings. The highest BCUT2D eigenvalue weighted by Crippen LogP contribution is 2.26. The molecule has 2 rings (SSSR count). The molecule has 0 aliphatic carbocycles. The third-order valence-corrected chi connectivity index (χ3v) is 2.68. The monoisotopic (exact) mass is 235 g/mol. The Labute approximate surface area is 98.0 Å². The number of furan rings is 1. The topological polar surface area (TPSA) is 45.7 Å². The third-order valence-electron chi connectivity index (χ3n) is 2.27. The van der Waals surface area contributed by atoms with Gasteiger partial charge in [0.25, 0.3) is 0 Å². The second-order valence-electron chi connectivity index (χ2n) is 3.41. The number of hydrogen-bond acceptors (Lipinski definition) is 3. The highest BCUT2D eigenvalue weighted by molar-refractivity contribution is 6.31. The highest BCUT2D eigenvalue weighted by atomic mass is 35.5. The Morgan fingerprint density at radius 2 is 2.12 bits per heavy atom. The fourth-order valence-corrected chi connectivity index (χ4v) is 1.56. The van der Waals surface area contributed by atoms with Gasteiger partial charge in [-0.25, -0.2) is 0 Å². The van der Waals surface area contributed by atoms with E-state index in [4.69, 9.17) is 21.2 Å². The SMILES string of the molecule is Cc1ccc(-c2ccc(/C=N\O)o2)cc1Cl. The van der Waals surface area contributed by atoms with E-state index >= 15 is 0 Å². The van der Waals surface area contributed by atoms with Gasteiger partial charge in [-0.2, -0.15) is 0 Å². The second kappa shape index (κ2) is 4.41. The average Bonchev–Trinajstić information content (AvgIpc) is 2.71. The number of hydrogen-bond donors (Lipinski definition) is 1. The Balaban J connectivity index is 2.38. The van der Waals surface area contributed by atoms with E-state index in [0.717, 1.165) is 11.1 Å². The van der Waals surface area contributed by atoms with Crippen molar-refractivity contribution in [2.75, 3.05) is 0 Å². The summed E-state index contributed by atoms with van der Waals surface area (Å²) < 4.78 is 5.44. The number of rotatable bonds is 2. The lowest BCUT2D eigenvalue weighted by atomic mass is 10.1. The summed E-state index contributed by atoms with van der Waals surface area (Å²) in [7, 11) is 0. The summed E-state index contributed by atoms with van der Waals surface area (Å²) in [5, 5.41) is 12.0. The van der Waals surface area contributed by atoms with Crippen LogP contribution in [0.3, 0.4) is 0 Å². The van der Waals surface area contributed by atoms with Crippen LogP contribution in [0.2, 0.25) is 5.02 Å². The van der Waals surface area contributed by atoms with Crippen LogP contribution in [0.4, 0.5) is 0 Å². The van der Waals surface area contributed by atoms with E-state index in [1.54, 1.807) is 12.1 Å². The molecule has 0 atom stereocenters. The fourth-order valence-electron chi connectivity index (χ4n) is 1.38. The van der Waals surface area contributed by atoms with E-state index in [1.165, 1.54) is 6.21 Å². The predicted molar refractivity (Wildman–Crippen MR) is 63.3 cm³/mol. The summed E-state index contributed by atoms with van der Waals surface area (Å²) >= 11 is 6.02. The zero-order chi connectivity index (χ0) is 11.5. The molecule has 0 spiro atoms. The smallest absolute Gasteiger partial charge is 0.149 e. The molecule has 4 heteroatoms. The summed E-state index contributed by atoms with van der Waals surface area (Å²) in [5.74, 6) is 1.19. The van der Waals surface area contributed by atoms with E-state index in [9.17, 15) is 0 Å². The van der Waals surface area contributed by atoms with Gasteiger partial charge in [-0.05, 0) is 30.7 Å². The van der Waals surface area contributed by atoms with Gasteiger partial charge >= 0.3 is 0 Å². The first-order valence-electron chi connectivity index (χ1n) is 4.74. The zero-order valence-electron chi connectivity index (χ0n) is 8.64. The molecule has 16 heavy (non-hydrogen) atoms. The van der Waals surface area contributed by atoms with E-state index in [0.29, 0.717) is 16.5 Å². The van der Waals surface area contributed by atoms with Crippen LogP contribution in [0.1, 0.15) is 11.3 Å². The van der Waals surface area contributed by atoms with E-state index in [-0.39, 0.29) is 0 Å². The van der Waals surface area contributed by atoms with Crippen LogP contribution < -0.4 is 0 Å². The highest BCUT2D eigenvalue weighted by Gasteiger charge is 2.05. The van der Waals surface area contributed by atoms with Gasteiger partial charge in [0.15, 0.2) is 0 Å². The van der Waals surface area contributed by atoms with Crippen molar-refractivity contribution in [3.05, 3.63) is 46.7 Å². The Hall–Kier alpha value is -1.74. The number of nitrogens with zero attached hydrogens (tertiary/aromatic N) is 1. The maximum atomic E-state index is 8.37. The van der Waals surface area contributed by atoms with Gasteiger partial charge in [-0.3, -0.25) is 0 Å². The molecular weight excluding hydrogens is 226 g/mol. The Kier molecular flexibility index (Phi) is 2.97. The normalized spacial score (nSPS) is 11.1. The van der Waals surface area contributed by atoms with Gasteiger partial charge in [-0.15, -0.1) is 0 Å². The molecule has 0 fully saturated rings. The molecule has 0 bridgehead atoms. The van der Waals surface area contributed by atoms with Gasteiger partial charge in [0.1, 0.15) is 17.7 Å². The molecule has 1 aromatic carbocycles. The molecule has 82 valence electrons. The minimum atomic E-state index is 0.495. The van der Waals surface area contributed by atoms with Crippen molar-refractivity contribution in [2.45, 2.75) is 6.92 Å². The lowest BCUT2D eigenvalue weighted by Gasteiger charge is -2.00. The Morgan fingerprint density at radius 1 is 1.31 bits per heavy atom. The molecule has 0 saturated heterocycles. The van der Waals surface area contributed by atoms with Crippen molar-refractivity contribution in [3.63, 3.8) is 0 Å². The summed E-state index contributed by atoms with van der Waals surface area (Å²) in [4.78, 5) is 0. The molecule has 1 aromatic heterocycles. The van der Waals surface area contributed by atoms with Crippen molar-refractivity contribution in [2.24, 2.45) is 5.16 Å². The molecule has 1 N–H and O–H groups in total. The quantitative estimate of drug-likeness (QED) is 0.490. The fraction of sp³-hybridized carbons (Fsp3) is 0.0833. The van der Waals surface area contributed by atoms with Crippen LogP contribution in [0, 0.1) is 6.92 Å². The van der Waals surface area contributed by atoms with Crippen molar-refractivity contribution >= 4 is 17.8 Å². The maximum Gasteiger partial charge on any atom is 0.149 e. The van der Waals surface area contributed by atoms with Gasteiger partial charge in [0.05, 0.1) is 0 Å². The largest absolute Gasteiger partial charge is 0.455 e. The molecule has 2 aromatic rings. The summed E-state index contributed by atoms with van der Waals surface area (Å²) in [6.07, 6.45) is 1.24. The lowest BCUT2D eigenvalue weighted by Crippen LogP contribution is -1.78. The number of halogens is 1. The molecule has 0 unspecified atom stereocenters. The first-order valence-corrected chi connectivity index (χ1v) is 5.12. The lowest BCUT2D eigenvalue weighted by molar-refractivity contribution is 0.321. The first kappa shape index (κ1) is 10.8. The van der Waals surface area contributed by atoms with Crippen molar-refractivity contribution in [3.8, 4) is 11.3 Å². The third kappa shape index (κ3) is 2.09. The van der Waals surface area contributed by atoms with Gasteiger partial charge in [0, 0.05) is 10.6 Å². The van der Waals surface area contributed by atoms with Crippen LogP contribution in [0.5, 0.6) is 0 Å². The van der Waals surface area contributed by atoms with Crippen molar-refractivity contribution in [1.29, 1.82) is 0 Å². The number of aryl methyl sites for hydroxylation is 1. The van der Waals surface area contributed by atoms with Crippen LogP contribution in [-0.4, -0.2) is 11.4 Å². The van der Waals surface area contributed by atoms with Gasteiger partial charge in [-0.1, -0.05) is 28.9 Å².